The van der Waals surface area contributed by atoms with Crippen molar-refractivity contribution in [3.63, 3.8) is 0 Å². The van der Waals surface area contributed by atoms with Crippen LogP contribution in [0.2, 0.25) is 5.02 Å². The topological polar surface area (TPSA) is 58.2 Å². The second-order valence-corrected chi connectivity index (χ2v) is 6.26. The number of hydrogen-bond acceptors (Lipinski definition) is 3. The first-order valence-corrected chi connectivity index (χ1v) is 7.69. The molecule has 18 heavy (non-hydrogen) atoms. The van der Waals surface area contributed by atoms with E-state index >= 15 is 0 Å². The molecule has 2 N–H and O–H groups in total. The molecule has 0 bridgehead atoms. The third-order valence-corrected chi connectivity index (χ3v) is 3.40. The van der Waals surface area contributed by atoms with E-state index in [1.807, 2.05) is 6.92 Å². The van der Waals surface area contributed by atoms with Crippen LogP contribution in [0.15, 0.2) is 18.2 Å². The van der Waals surface area contributed by atoms with E-state index in [0.29, 0.717) is 13.1 Å². The zero-order chi connectivity index (χ0) is 13.8. The van der Waals surface area contributed by atoms with Crippen LogP contribution in [0.4, 0.5) is 4.39 Å². The van der Waals surface area contributed by atoms with Crippen molar-refractivity contribution in [2.45, 2.75) is 13.0 Å². The molecule has 0 amide bonds. The van der Waals surface area contributed by atoms with E-state index in [0.717, 1.165) is 11.8 Å². The Labute approximate surface area is 112 Å². The number of nitrogens with one attached hydrogen (secondary N) is 2. The Morgan fingerprint density at radius 3 is 2.61 bits per heavy atom. The van der Waals surface area contributed by atoms with Gasteiger partial charge in [-0.2, -0.15) is 0 Å². The summed E-state index contributed by atoms with van der Waals surface area (Å²) in [5.74, 6) is -0.452. The van der Waals surface area contributed by atoms with Crippen LogP contribution < -0.4 is 10.0 Å². The van der Waals surface area contributed by atoms with E-state index in [1.165, 1.54) is 6.07 Å². The zero-order valence-electron chi connectivity index (χ0n) is 10.2. The number of sulfonamides is 1. The number of halogens is 2. The van der Waals surface area contributed by atoms with E-state index in [2.05, 4.69) is 10.0 Å². The smallest absolute Gasteiger partial charge is 0.208 e. The molecular formula is C11H16ClFN2O2S. The van der Waals surface area contributed by atoms with Crippen LogP contribution in [0.3, 0.4) is 0 Å². The van der Waals surface area contributed by atoms with Gasteiger partial charge in [-0.15, -0.1) is 0 Å². The SMILES string of the molecule is CC(NCCNS(C)(=O)=O)c1ccc(F)c(Cl)c1. The van der Waals surface area contributed by atoms with Crippen LogP contribution in [0, 0.1) is 5.82 Å². The van der Waals surface area contributed by atoms with Gasteiger partial charge in [0.25, 0.3) is 0 Å². The fraction of sp³-hybridized carbons (Fsp3) is 0.455. The molecule has 7 heteroatoms. The second-order valence-electron chi connectivity index (χ2n) is 4.02. The van der Waals surface area contributed by atoms with E-state index in [9.17, 15) is 12.8 Å². The lowest BCUT2D eigenvalue weighted by Crippen LogP contribution is -2.32. The first-order chi connectivity index (χ1) is 8.29. The highest BCUT2D eigenvalue weighted by Crippen LogP contribution is 2.20. The highest BCUT2D eigenvalue weighted by molar-refractivity contribution is 7.88. The third-order valence-electron chi connectivity index (χ3n) is 2.38. The highest BCUT2D eigenvalue weighted by Gasteiger charge is 2.08. The summed E-state index contributed by atoms with van der Waals surface area (Å²) >= 11 is 5.68. The van der Waals surface area contributed by atoms with Gasteiger partial charge in [0.2, 0.25) is 10.0 Å². The molecule has 0 saturated carbocycles. The van der Waals surface area contributed by atoms with Gasteiger partial charge >= 0.3 is 0 Å². The molecule has 4 nitrogen and oxygen atoms in total. The fourth-order valence-corrected chi connectivity index (χ4v) is 2.09. The molecule has 0 radical (unpaired) electrons. The fourth-order valence-electron chi connectivity index (χ4n) is 1.42. The lowest BCUT2D eigenvalue weighted by Gasteiger charge is -2.14. The molecule has 1 unspecified atom stereocenters. The van der Waals surface area contributed by atoms with Crippen molar-refractivity contribution in [1.82, 2.24) is 10.0 Å². The predicted molar refractivity (Wildman–Crippen MR) is 70.7 cm³/mol. The normalized spacial score (nSPS) is 13.6. The number of rotatable bonds is 6. The number of benzene rings is 1. The van der Waals surface area contributed by atoms with Gasteiger partial charge in [-0.3, -0.25) is 0 Å². The monoisotopic (exact) mass is 294 g/mol. The number of hydrogen-bond donors (Lipinski definition) is 2. The summed E-state index contributed by atoms with van der Waals surface area (Å²) in [4.78, 5) is 0. The molecule has 0 saturated heterocycles. The standard InChI is InChI=1S/C11H16ClFN2O2S/c1-8(14-5-6-15-18(2,16)17)9-3-4-11(13)10(12)7-9/h3-4,7-8,14-15H,5-6H2,1-2H3. The van der Waals surface area contributed by atoms with Gasteiger partial charge in [0, 0.05) is 19.1 Å². The highest BCUT2D eigenvalue weighted by atomic mass is 35.5. The van der Waals surface area contributed by atoms with Crippen molar-refractivity contribution < 1.29 is 12.8 Å². The molecule has 0 heterocycles. The molecule has 1 atom stereocenters. The average Bonchev–Trinajstić information content (AvgIpc) is 2.26. The minimum Gasteiger partial charge on any atom is -0.309 e. The maximum atomic E-state index is 13.0. The largest absolute Gasteiger partial charge is 0.309 e. The van der Waals surface area contributed by atoms with Gasteiger partial charge in [0.05, 0.1) is 11.3 Å². The van der Waals surface area contributed by atoms with Gasteiger partial charge in [-0.1, -0.05) is 17.7 Å². The lowest BCUT2D eigenvalue weighted by molar-refractivity contribution is 0.555. The van der Waals surface area contributed by atoms with Crippen LogP contribution in [-0.2, 0) is 10.0 Å². The third kappa shape index (κ3) is 5.30. The summed E-state index contributed by atoms with van der Waals surface area (Å²) in [6, 6.07) is 4.47. The van der Waals surface area contributed by atoms with Crippen LogP contribution in [0.5, 0.6) is 0 Å². The van der Waals surface area contributed by atoms with E-state index in [4.69, 9.17) is 11.6 Å². The van der Waals surface area contributed by atoms with Crippen molar-refractivity contribution in [3.05, 3.63) is 34.6 Å². The van der Waals surface area contributed by atoms with Crippen LogP contribution >= 0.6 is 11.6 Å². The Morgan fingerprint density at radius 1 is 1.39 bits per heavy atom. The summed E-state index contributed by atoms with van der Waals surface area (Å²) in [7, 11) is -3.16. The van der Waals surface area contributed by atoms with E-state index in [-0.39, 0.29) is 11.1 Å². The molecule has 0 aromatic heterocycles. The predicted octanol–water partition coefficient (Wildman–Crippen LogP) is 1.68. The molecule has 1 aromatic rings. The Balaban J connectivity index is 2.45. The summed E-state index contributed by atoms with van der Waals surface area (Å²) in [6.07, 6.45) is 1.11. The van der Waals surface area contributed by atoms with Gasteiger partial charge in [0.1, 0.15) is 5.82 Å². The molecule has 1 rings (SSSR count). The van der Waals surface area contributed by atoms with E-state index in [1.54, 1.807) is 12.1 Å². The first-order valence-electron chi connectivity index (χ1n) is 5.42. The first kappa shape index (κ1) is 15.4. The molecule has 0 fully saturated rings. The molecule has 102 valence electrons. The Morgan fingerprint density at radius 2 is 2.06 bits per heavy atom. The summed E-state index contributed by atoms with van der Waals surface area (Å²) in [5.41, 5.74) is 0.848. The molecule has 0 aliphatic carbocycles. The van der Waals surface area contributed by atoms with Crippen molar-refractivity contribution in [2.75, 3.05) is 19.3 Å². The quantitative estimate of drug-likeness (QED) is 0.785. The van der Waals surface area contributed by atoms with Crippen LogP contribution in [-0.4, -0.2) is 27.8 Å². The molecule has 0 spiro atoms. The van der Waals surface area contributed by atoms with Crippen molar-refractivity contribution >= 4 is 21.6 Å². The molecule has 0 aliphatic heterocycles. The molecule has 1 aromatic carbocycles. The van der Waals surface area contributed by atoms with Crippen LogP contribution in [0.1, 0.15) is 18.5 Å². The Kier molecular flexibility index (Phi) is 5.52. The van der Waals surface area contributed by atoms with Gasteiger partial charge < -0.3 is 5.32 Å². The van der Waals surface area contributed by atoms with E-state index < -0.39 is 15.8 Å². The summed E-state index contributed by atoms with van der Waals surface area (Å²) < 4.78 is 37.0. The Hall–Kier alpha value is -0.690. The molecular weight excluding hydrogens is 279 g/mol. The minimum absolute atomic E-state index is 0.0375. The average molecular weight is 295 g/mol. The van der Waals surface area contributed by atoms with Gasteiger partial charge in [-0.25, -0.2) is 17.5 Å². The maximum absolute atomic E-state index is 13.0. The maximum Gasteiger partial charge on any atom is 0.208 e. The van der Waals surface area contributed by atoms with Crippen molar-refractivity contribution in [2.24, 2.45) is 0 Å². The van der Waals surface area contributed by atoms with Crippen LogP contribution in [0.25, 0.3) is 0 Å². The lowest BCUT2D eigenvalue weighted by atomic mass is 10.1. The van der Waals surface area contributed by atoms with Crippen molar-refractivity contribution in [3.8, 4) is 0 Å². The summed E-state index contributed by atoms with van der Waals surface area (Å²) in [5, 5.41) is 3.19. The van der Waals surface area contributed by atoms with Gasteiger partial charge in [-0.05, 0) is 24.6 Å². The summed E-state index contributed by atoms with van der Waals surface area (Å²) in [6.45, 7) is 2.67. The van der Waals surface area contributed by atoms with Gasteiger partial charge in [0.15, 0.2) is 0 Å². The minimum atomic E-state index is -3.16. The zero-order valence-corrected chi connectivity index (χ0v) is 11.8. The Bertz CT molecular complexity index is 508. The molecule has 0 aliphatic rings. The second kappa shape index (κ2) is 6.47. The van der Waals surface area contributed by atoms with Crippen molar-refractivity contribution in [1.29, 1.82) is 0 Å².